The molecule has 1 aliphatic rings. The first kappa shape index (κ1) is 14.3. The van der Waals surface area contributed by atoms with Crippen molar-refractivity contribution in [3.63, 3.8) is 0 Å². The van der Waals surface area contributed by atoms with E-state index >= 15 is 0 Å². The molecule has 5 nitrogen and oxygen atoms in total. The summed E-state index contributed by atoms with van der Waals surface area (Å²) in [6.45, 7) is 0. The van der Waals surface area contributed by atoms with Gasteiger partial charge in [-0.05, 0) is 29.7 Å². The molecule has 112 valence electrons. The van der Waals surface area contributed by atoms with Crippen molar-refractivity contribution in [2.75, 3.05) is 14.2 Å². The number of methoxy groups -OCH3 is 2. The van der Waals surface area contributed by atoms with Crippen LogP contribution in [0.15, 0.2) is 46.4 Å². The predicted octanol–water partition coefficient (Wildman–Crippen LogP) is 3.11. The minimum absolute atomic E-state index is 0.242. The van der Waals surface area contributed by atoms with E-state index in [1.807, 2.05) is 17.5 Å². The first-order chi connectivity index (χ1) is 10.7. The van der Waals surface area contributed by atoms with Crippen molar-refractivity contribution >= 4 is 29.3 Å². The van der Waals surface area contributed by atoms with Gasteiger partial charge in [0.15, 0.2) is 5.70 Å². The molecule has 0 saturated carbocycles. The fourth-order valence-corrected chi connectivity index (χ4v) is 2.65. The Bertz CT molecular complexity index is 762. The maximum Gasteiger partial charge on any atom is 0.363 e. The van der Waals surface area contributed by atoms with Crippen molar-refractivity contribution in [3.05, 3.63) is 51.8 Å². The molecule has 22 heavy (non-hydrogen) atoms. The maximum absolute atomic E-state index is 11.9. The number of aliphatic imine (C=N–C) groups is 1. The molecule has 0 fully saturated rings. The SMILES string of the molecule is COc1ccc(/C=C2/N=C(c3cccs3)OC2=O)c(OC)c1. The molecule has 1 aromatic carbocycles. The number of hydrogen-bond donors (Lipinski definition) is 0. The van der Waals surface area contributed by atoms with Crippen LogP contribution in [0.3, 0.4) is 0 Å². The molecule has 0 aliphatic carbocycles. The number of carbonyl (C=O) groups excluding carboxylic acids is 1. The second-order valence-corrected chi connectivity index (χ2v) is 5.37. The summed E-state index contributed by atoms with van der Waals surface area (Å²) in [5.41, 5.74) is 0.971. The van der Waals surface area contributed by atoms with Crippen LogP contribution < -0.4 is 9.47 Å². The van der Waals surface area contributed by atoms with Crippen molar-refractivity contribution in [3.8, 4) is 11.5 Å². The molecule has 0 bridgehead atoms. The second kappa shape index (κ2) is 6.03. The zero-order chi connectivity index (χ0) is 15.5. The monoisotopic (exact) mass is 315 g/mol. The summed E-state index contributed by atoms with van der Waals surface area (Å²) in [5.74, 6) is 1.13. The molecule has 2 heterocycles. The first-order valence-corrected chi connectivity index (χ1v) is 7.37. The first-order valence-electron chi connectivity index (χ1n) is 6.49. The van der Waals surface area contributed by atoms with E-state index in [0.29, 0.717) is 17.4 Å². The molecule has 0 saturated heterocycles. The lowest BCUT2D eigenvalue weighted by Gasteiger charge is -2.07. The number of nitrogens with zero attached hydrogens (tertiary/aromatic N) is 1. The predicted molar refractivity (Wildman–Crippen MR) is 84.5 cm³/mol. The van der Waals surface area contributed by atoms with Crippen LogP contribution in [-0.2, 0) is 9.53 Å². The zero-order valence-corrected chi connectivity index (χ0v) is 12.8. The lowest BCUT2D eigenvalue weighted by Crippen LogP contribution is -2.03. The van der Waals surface area contributed by atoms with Crippen molar-refractivity contribution in [1.82, 2.24) is 0 Å². The lowest BCUT2D eigenvalue weighted by molar-refractivity contribution is -0.129. The van der Waals surface area contributed by atoms with Crippen molar-refractivity contribution in [1.29, 1.82) is 0 Å². The number of benzene rings is 1. The Morgan fingerprint density at radius 3 is 2.77 bits per heavy atom. The molecule has 0 radical (unpaired) electrons. The molecule has 0 atom stereocenters. The van der Waals surface area contributed by atoms with Crippen LogP contribution in [0.2, 0.25) is 0 Å². The highest BCUT2D eigenvalue weighted by molar-refractivity contribution is 7.12. The summed E-state index contributed by atoms with van der Waals surface area (Å²) < 4.78 is 15.7. The molecule has 0 unspecified atom stereocenters. The Hall–Kier alpha value is -2.60. The van der Waals surface area contributed by atoms with Gasteiger partial charge >= 0.3 is 5.97 Å². The van der Waals surface area contributed by atoms with Crippen LogP contribution in [0.5, 0.6) is 11.5 Å². The summed E-state index contributed by atoms with van der Waals surface area (Å²) in [4.78, 5) is 17.0. The molecule has 2 aromatic rings. The standard InChI is InChI=1S/C16H13NO4S/c1-19-11-6-5-10(13(9-11)20-2)8-12-16(18)21-15(17-12)14-4-3-7-22-14/h3-9H,1-2H3/b12-8+. The van der Waals surface area contributed by atoms with Gasteiger partial charge in [-0.25, -0.2) is 9.79 Å². The molecule has 0 spiro atoms. The van der Waals surface area contributed by atoms with Gasteiger partial charge in [0.2, 0.25) is 5.90 Å². The average Bonchev–Trinajstić information content (AvgIpc) is 3.18. The number of thiophene rings is 1. The summed E-state index contributed by atoms with van der Waals surface area (Å²) in [5, 5.41) is 1.90. The van der Waals surface area contributed by atoms with Gasteiger partial charge in [0, 0.05) is 11.6 Å². The van der Waals surface area contributed by atoms with Crippen molar-refractivity contribution in [2.45, 2.75) is 0 Å². The third kappa shape index (κ3) is 2.73. The number of rotatable bonds is 4. The van der Waals surface area contributed by atoms with E-state index in [-0.39, 0.29) is 5.70 Å². The van der Waals surface area contributed by atoms with Gasteiger partial charge in [-0.2, -0.15) is 0 Å². The van der Waals surface area contributed by atoms with Gasteiger partial charge in [-0.1, -0.05) is 6.07 Å². The van der Waals surface area contributed by atoms with Crippen LogP contribution in [0.4, 0.5) is 0 Å². The van der Waals surface area contributed by atoms with Crippen molar-refractivity contribution in [2.24, 2.45) is 4.99 Å². The third-order valence-electron chi connectivity index (χ3n) is 3.09. The highest BCUT2D eigenvalue weighted by Crippen LogP contribution is 2.28. The summed E-state index contributed by atoms with van der Waals surface area (Å²) in [6.07, 6.45) is 1.64. The smallest absolute Gasteiger partial charge is 0.363 e. The highest BCUT2D eigenvalue weighted by Gasteiger charge is 2.25. The van der Waals surface area contributed by atoms with Gasteiger partial charge in [-0.15, -0.1) is 11.3 Å². The molecular weight excluding hydrogens is 302 g/mol. The Morgan fingerprint density at radius 2 is 2.09 bits per heavy atom. The number of carbonyl (C=O) groups is 1. The Balaban J connectivity index is 1.96. The normalized spacial score (nSPS) is 15.6. The number of cyclic esters (lactones) is 1. The minimum atomic E-state index is -0.471. The number of ether oxygens (including phenoxy) is 3. The number of esters is 1. The quantitative estimate of drug-likeness (QED) is 0.642. The van der Waals surface area contributed by atoms with Gasteiger partial charge in [0.05, 0.1) is 19.1 Å². The molecule has 0 amide bonds. The van der Waals surface area contributed by atoms with Gasteiger partial charge < -0.3 is 14.2 Å². The zero-order valence-electron chi connectivity index (χ0n) is 12.0. The van der Waals surface area contributed by atoms with E-state index in [9.17, 15) is 4.79 Å². The summed E-state index contributed by atoms with van der Waals surface area (Å²) in [7, 11) is 3.14. The molecule has 1 aliphatic heterocycles. The molecule has 1 aromatic heterocycles. The second-order valence-electron chi connectivity index (χ2n) is 4.42. The van der Waals surface area contributed by atoms with Crippen LogP contribution in [-0.4, -0.2) is 26.1 Å². The Labute approximate surface area is 131 Å². The van der Waals surface area contributed by atoms with E-state index < -0.39 is 5.97 Å². The average molecular weight is 315 g/mol. The summed E-state index contributed by atoms with van der Waals surface area (Å²) in [6, 6.07) is 9.07. The van der Waals surface area contributed by atoms with E-state index in [0.717, 1.165) is 10.4 Å². The molecule has 3 rings (SSSR count). The van der Waals surface area contributed by atoms with Crippen LogP contribution in [0.25, 0.3) is 6.08 Å². The highest BCUT2D eigenvalue weighted by atomic mass is 32.1. The molecule has 6 heteroatoms. The van der Waals surface area contributed by atoms with Crippen molar-refractivity contribution < 1.29 is 19.0 Å². The number of hydrogen-bond acceptors (Lipinski definition) is 6. The Morgan fingerprint density at radius 1 is 1.23 bits per heavy atom. The van der Waals surface area contributed by atoms with Crippen LogP contribution >= 0.6 is 11.3 Å². The van der Waals surface area contributed by atoms with Gasteiger partial charge in [-0.3, -0.25) is 0 Å². The van der Waals surface area contributed by atoms with Crippen LogP contribution in [0, 0.1) is 0 Å². The van der Waals surface area contributed by atoms with E-state index in [2.05, 4.69) is 4.99 Å². The summed E-state index contributed by atoms with van der Waals surface area (Å²) >= 11 is 1.47. The fraction of sp³-hybridized carbons (Fsp3) is 0.125. The Kier molecular flexibility index (Phi) is 3.93. The van der Waals surface area contributed by atoms with Crippen LogP contribution in [0.1, 0.15) is 10.4 Å². The van der Waals surface area contributed by atoms with Gasteiger partial charge in [0.25, 0.3) is 0 Å². The van der Waals surface area contributed by atoms with E-state index in [1.54, 1.807) is 38.5 Å². The minimum Gasteiger partial charge on any atom is -0.497 e. The maximum atomic E-state index is 11.9. The van der Waals surface area contributed by atoms with E-state index in [4.69, 9.17) is 14.2 Å². The molecule has 0 N–H and O–H groups in total. The lowest BCUT2D eigenvalue weighted by atomic mass is 10.1. The largest absolute Gasteiger partial charge is 0.497 e. The van der Waals surface area contributed by atoms with Gasteiger partial charge in [0.1, 0.15) is 11.5 Å². The third-order valence-corrected chi connectivity index (χ3v) is 3.94. The topological polar surface area (TPSA) is 57.1 Å². The molecular formula is C16H13NO4S. The fourth-order valence-electron chi connectivity index (χ4n) is 2.00. The van der Waals surface area contributed by atoms with E-state index in [1.165, 1.54) is 11.3 Å².